The van der Waals surface area contributed by atoms with E-state index in [1.165, 1.54) is 19.1 Å². The molecule has 1 N–H and O–H groups in total. The zero-order valence-electron chi connectivity index (χ0n) is 8.71. The number of rotatable bonds is 4. The predicted octanol–water partition coefficient (Wildman–Crippen LogP) is 2.32. The number of carboxylic acid groups (broad SMARTS) is 1. The number of nitrogens with zero attached hydrogens (tertiary/aromatic N) is 1. The van der Waals surface area contributed by atoms with Crippen molar-refractivity contribution in [2.75, 3.05) is 0 Å². The van der Waals surface area contributed by atoms with Gasteiger partial charge in [0.2, 0.25) is 0 Å². The van der Waals surface area contributed by atoms with E-state index in [2.05, 4.69) is 15.9 Å². The fourth-order valence-corrected chi connectivity index (χ4v) is 1.75. The van der Waals surface area contributed by atoms with E-state index >= 15 is 0 Å². The number of hydrogen-bond acceptors (Lipinski definition) is 4. The first-order valence-corrected chi connectivity index (χ1v) is 5.43. The summed E-state index contributed by atoms with van der Waals surface area (Å²) in [6, 6.07) is 3.81. The molecule has 1 unspecified atom stereocenters. The van der Waals surface area contributed by atoms with Gasteiger partial charge in [-0.15, -0.1) is 0 Å². The molecule has 0 aliphatic rings. The SMILES string of the molecule is CC(=O)C(Br)c1cccc([N+](=O)[O-])c1C(=O)O. The lowest BCUT2D eigenvalue weighted by Gasteiger charge is -2.09. The summed E-state index contributed by atoms with van der Waals surface area (Å²) < 4.78 is 0. The first kappa shape index (κ1) is 13.3. The summed E-state index contributed by atoms with van der Waals surface area (Å²) in [5.74, 6) is -1.76. The van der Waals surface area contributed by atoms with Crippen molar-refractivity contribution in [3.8, 4) is 0 Å². The molecular weight excluding hydrogens is 294 g/mol. The van der Waals surface area contributed by atoms with Crippen LogP contribution in [-0.4, -0.2) is 21.8 Å². The van der Waals surface area contributed by atoms with Crippen molar-refractivity contribution in [1.29, 1.82) is 0 Å². The second-order valence-electron chi connectivity index (χ2n) is 3.28. The summed E-state index contributed by atoms with van der Waals surface area (Å²) in [6.07, 6.45) is 0. The van der Waals surface area contributed by atoms with Gasteiger partial charge in [-0.1, -0.05) is 28.1 Å². The number of nitro groups is 1. The van der Waals surface area contributed by atoms with Gasteiger partial charge in [0.25, 0.3) is 5.69 Å². The summed E-state index contributed by atoms with van der Waals surface area (Å²) in [4.78, 5) is 31.3. The molecular formula is C10H8BrNO5. The summed E-state index contributed by atoms with van der Waals surface area (Å²) in [6.45, 7) is 1.27. The van der Waals surface area contributed by atoms with Gasteiger partial charge in [-0.05, 0) is 12.5 Å². The largest absolute Gasteiger partial charge is 0.477 e. The monoisotopic (exact) mass is 301 g/mol. The average Bonchev–Trinajstić information content (AvgIpc) is 2.26. The number of carbonyl (C=O) groups excluding carboxylic acids is 1. The highest BCUT2D eigenvalue weighted by Gasteiger charge is 2.28. The van der Waals surface area contributed by atoms with Crippen LogP contribution in [0.15, 0.2) is 18.2 Å². The van der Waals surface area contributed by atoms with Gasteiger partial charge in [-0.3, -0.25) is 14.9 Å². The van der Waals surface area contributed by atoms with Crippen molar-refractivity contribution in [3.05, 3.63) is 39.4 Å². The van der Waals surface area contributed by atoms with E-state index in [-0.39, 0.29) is 11.3 Å². The van der Waals surface area contributed by atoms with E-state index in [1.54, 1.807) is 0 Å². The van der Waals surface area contributed by atoms with Crippen molar-refractivity contribution in [2.24, 2.45) is 0 Å². The molecule has 17 heavy (non-hydrogen) atoms. The third kappa shape index (κ3) is 2.68. The lowest BCUT2D eigenvalue weighted by Crippen LogP contribution is -2.11. The van der Waals surface area contributed by atoms with Crippen LogP contribution in [0.3, 0.4) is 0 Å². The first-order chi connectivity index (χ1) is 7.86. The molecule has 0 fully saturated rings. The highest BCUT2D eigenvalue weighted by molar-refractivity contribution is 9.09. The second-order valence-corrected chi connectivity index (χ2v) is 4.19. The van der Waals surface area contributed by atoms with Gasteiger partial charge < -0.3 is 5.11 Å². The molecule has 0 heterocycles. The number of Topliss-reactive ketones (excluding diaryl/α,β-unsaturated/α-hetero) is 1. The van der Waals surface area contributed by atoms with Crippen LogP contribution in [0.5, 0.6) is 0 Å². The van der Waals surface area contributed by atoms with Crippen LogP contribution in [0, 0.1) is 10.1 Å². The van der Waals surface area contributed by atoms with Gasteiger partial charge in [-0.2, -0.15) is 0 Å². The molecule has 0 radical (unpaired) electrons. The Morgan fingerprint density at radius 1 is 1.47 bits per heavy atom. The van der Waals surface area contributed by atoms with Crippen LogP contribution in [-0.2, 0) is 4.79 Å². The first-order valence-electron chi connectivity index (χ1n) is 4.51. The van der Waals surface area contributed by atoms with Crippen LogP contribution in [0.25, 0.3) is 0 Å². The fourth-order valence-electron chi connectivity index (χ4n) is 1.37. The Hall–Kier alpha value is -1.76. The minimum absolute atomic E-state index is 0.0826. The van der Waals surface area contributed by atoms with Crippen molar-refractivity contribution >= 4 is 33.4 Å². The maximum absolute atomic E-state index is 11.2. The number of carboxylic acids is 1. The topological polar surface area (TPSA) is 97.5 Å². The molecule has 0 aliphatic carbocycles. The van der Waals surface area contributed by atoms with Crippen molar-refractivity contribution in [2.45, 2.75) is 11.8 Å². The van der Waals surface area contributed by atoms with Crippen molar-refractivity contribution < 1.29 is 19.6 Å². The van der Waals surface area contributed by atoms with Gasteiger partial charge >= 0.3 is 5.97 Å². The number of hydrogen-bond donors (Lipinski definition) is 1. The molecule has 7 heteroatoms. The molecule has 0 aliphatic heterocycles. The van der Waals surface area contributed by atoms with E-state index in [0.29, 0.717) is 0 Å². The Morgan fingerprint density at radius 2 is 2.06 bits per heavy atom. The van der Waals surface area contributed by atoms with Gasteiger partial charge in [0.1, 0.15) is 11.3 Å². The maximum Gasteiger partial charge on any atom is 0.343 e. The molecule has 1 rings (SSSR count). The molecule has 0 aromatic heterocycles. The number of halogens is 1. The Kier molecular flexibility index (Phi) is 3.95. The number of alkyl halides is 1. The third-order valence-corrected chi connectivity index (χ3v) is 3.25. The van der Waals surface area contributed by atoms with Gasteiger partial charge in [0.05, 0.1) is 9.75 Å². The number of ketones is 1. The van der Waals surface area contributed by atoms with Crippen LogP contribution < -0.4 is 0 Å². The Morgan fingerprint density at radius 3 is 2.47 bits per heavy atom. The van der Waals surface area contributed by atoms with Crippen LogP contribution >= 0.6 is 15.9 Å². The van der Waals surface area contributed by atoms with Crippen molar-refractivity contribution in [3.63, 3.8) is 0 Å². The minimum Gasteiger partial charge on any atom is -0.477 e. The van der Waals surface area contributed by atoms with E-state index < -0.39 is 27.0 Å². The van der Waals surface area contributed by atoms with E-state index in [1.807, 2.05) is 0 Å². The van der Waals surface area contributed by atoms with E-state index in [9.17, 15) is 19.7 Å². The number of aromatic carboxylic acids is 1. The summed E-state index contributed by atoms with van der Waals surface area (Å²) in [5.41, 5.74) is -0.908. The van der Waals surface area contributed by atoms with Crippen LogP contribution in [0.2, 0.25) is 0 Å². The minimum atomic E-state index is -1.43. The smallest absolute Gasteiger partial charge is 0.343 e. The maximum atomic E-state index is 11.2. The summed E-state index contributed by atoms with van der Waals surface area (Å²) >= 11 is 3.02. The molecule has 6 nitrogen and oxygen atoms in total. The average molecular weight is 302 g/mol. The zero-order valence-corrected chi connectivity index (χ0v) is 10.3. The predicted molar refractivity (Wildman–Crippen MR) is 62.4 cm³/mol. The molecule has 1 aromatic carbocycles. The highest BCUT2D eigenvalue weighted by atomic mass is 79.9. The van der Waals surface area contributed by atoms with Crippen molar-refractivity contribution in [1.82, 2.24) is 0 Å². The molecule has 90 valence electrons. The molecule has 0 bridgehead atoms. The Labute approximate surface area is 105 Å². The number of carbonyl (C=O) groups is 2. The van der Waals surface area contributed by atoms with Gasteiger partial charge in [0, 0.05) is 6.07 Å². The molecule has 0 amide bonds. The number of nitro benzene ring substituents is 1. The molecule has 0 spiro atoms. The second kappa shape index (κ2) is 5.05. The third-order valence-electron chi connectivity index (χ3n) is 2.12. The fraction of sp³-hybridized carbons (Fsp3) is 0.200. The van der Waals surface area contributed by atoms with Gasteiger partial charge in [0.15, 0.2) is 0 Å². The molecule has 0 saturated carbocycles. The molecule has 0 saturated heterocycles. The lowest BCUT2D eigenvalue weighted by molar-refractivity contribution is -0.385. The highest BCUT2D eigenvalue weighted by Crippen LogP contribution is 2.32. The normalized spacial score (nSPS) is 11.9. The quantitative estimate of drug-likeness (QED) is 0.523. The van der Waals surface area contributed by atoms with Gasteiger partial charge in [-0.25, -0.2) is 4.79 Å². The molecule has 1 atom stereocenters. The number of benzene rings is 1. The van der Waals surface area contributed by atoms with E-state index in [4.69, 9.17) is 5.11 Å². The van der Waals surface area contributed by atoms with Crippen LogP contribution in [0.4, 0.5) is 5.69 Å². The lowest BCUT2D eigenvalue weighted by atomic mass is 10.0. The van der Waals surface area contributed by atoms with Crippen LogP contribution in [0.1, 0.15) is 27.7 Å². The summed E-state index contributed by atoms with van der Waals surface area (Å²) in [5, 5.41) is 19.7. The van der Waals surface area contributed by atoms with E-state index in [0.717, 1.165) is 6.07 Å². The molecule has 1 aromatic rings. The Balaban J connectivity index is 3.50. The Bertz CT molecular complexity index is 499. The summed E-state index contributed by atoms with van der Waals surface area (Å²) in [7, 11) is 0. The zero-order chi connectivity index (χ0) is 13.2. The standard InChI is InChI=1S/C10H8BrNO5/c1-5(13)9(11)6-3-2-4-7(12(16)17)8(6)10(14)15/h2-4,9H,1H3,(H,14,15).